The number of esters is 2. The minimum absolute atomic E-state index is 0.0171. The van der Waals surface area contributed by atoms with Crippen molar-refractivity contribution in [2.75, 3.05) is 14.2 Å². The molecule has 4 aromatic rings. The first-order chi connectivity index (χ1) is 26.6. The van der Waals surface area contributed by atoms with Crippen LogP contribution in [-0.4, -0.2) is 80.3 Å². The molecule has 290 valence electrons. The lowest BCUT2D eigenvalue weighted by atomic mass is 9.99. The van der Waals surface area contributed by atoms with Gasteiger partial charge in [0.05, 0.1) is 27.4 Å². The second-order valence-corrected chi connectivity index (χ2v) is 13.5. The molecule has 1 aliphatic heterocycles. The van der Waals surface area contributed by atoms with Crippen molar-refractivity contribution in [3.63, 3.8) is 0 Å². The van der Waals surface area contributed by atoms with Crippen LogP contribution in [0.2, 0.25) is 0 Å². The Kier molecular flexibility index (Phi) is 14.7. The summed E-state index contributed by atoms with van der Waals surface area (Å²) in [7, 11) is 2.49. The van der Waals surface area contributed by atoms with Crippen LogP contribution in [0, 0.1) is 0 Å². The number of ether oxygens (including phenoxy) is 6. The fraction of sp³-hybridized carbons (Fsp3) is 0.349. The third kappa shape index (κ3) is 11.8. The molecule has 1 fully saturated rings. The van der Waals surface area contributed by atoms with E-state index in [4.69, 9.17) is 28.4 Å². The molecule has 1 aliphatic rings. The van der Waals surface area contributed by atoms with Gasteiger partial charge in [-0.3, -0.25) is 9.59 Å². The highest BCUT2D eigenvalue weighted by molar-refractivity contribution is 5.89. The Labute approximate surface area is 321 Å². The van der Waals surface area contributed by atoms with E-state index in [1.54, 1.807) is 13.8 Å². The summed E-state index contributed by atoms with van der Waals surface area (Å²) in [6, 6.07) is 34.7. The second-order valence-electron chi connectivity index (χ2n) is 13.5. The smallest absolute Gasteiger partial charge is 0.328 e. The lowest BCUT2D eigenvalue weighted by Gasteiger charge is -2.31. The molecule has 0 radical (unpaired) electrons. The van der Waals surface area contributed by atoms with Crippen molar-refractivity contribution in [2.24, 2.45) is 0 Å². The third-order valence-electron chi connectivity index (χ3n) is 8.99. The molecule has 0 spiro atoms. The minimum Gasteiger partial charge on any atom is -0.467 e. The maximum atomic E-state index is 14.4. The zero-order chi connectivity index (χ0) is 39.2. The van der Waals surface area contributed by atoms with E-state index in [2.05, 4.69) is 10.6 Å². The van der Waals surface area contributed by atoms with Gasteiger partial charge in [0.2, 0.25) is 0 Å². The Hall–Kier alpha value is -5.40. The van der Waals surface area contributed by atoms with Gasteiger partial charge in [0.1, 0.15) is 24.3 Å². The number of hydrogen-bond donors (Lipinski definition) is 2. The summed E-state index contributed by atoms with van der Waals surface area (Å²) in [5, 5.41) is 5.62. The Morgan fingerprint density at radius 3 is 1.16 bits per heavy atom. The Balaban J connectivity index is 1.49. The Bertz CT molecular complexity index is 1690. The standard InChI is InChI=1S/C43H48N2O10/c1-43(2)54-35(37(52-27-31-21-13-7-14-22-31)39(46)44-33(41(48)50-3)25-29-17-9-5-10-18-29)36(55-43)38(53-28-32-23-15-8-16-24-32)40(47)45-34(42(49)51-4)26-30-19-11-6-12-20-30/h5-24,33-38H,25-28H2,1-4H3,(H,44,46)(H,45,47)/t33-,34-,35+,36+,37+,38+/m0/s1. The molecule has 0 bridgehead atoms. The fourth-order valence-corrected chi connectivity index (χ4v) is 6.32. The molecule has 4 aromatic carbocycles. The van der Waals surface area contributed by atoms with Crippen LogP contribution >= 0.6 is 0 Å². The number of nitrogens with one attached hydrogen (secondary N) is 2. The highest BCUT2D eigenvalue weighted by Crippen LogP contribution is 2.35. The highest BCUT2D eigenvalue weighted by atomic mass is 16.8. The van der Waals surface area contributed by atoms with Gasteiger partial charge in [-0.25, -0.2) is 9.59 Å². The van der Waals surface area contributed by atoms with Crippen LogP contribution in [0.1, 0.15) is 36.1 Å². The average molecular weight is 753 g/mol. The van der Waals surface area contributed by atoms with Crippen molar-refractivity contribution in [1.82, 2.24) is 10.6 Å². The molecule has 1 saturated heterocycles. The van der Waals surface area contributed by atoms with Crippen molar-refractivity contribution in [3.8, 4) is 0 Å². The van der Waals surface area contributed by atoms with E-state index in [0.717, 1.165) is 22.3 Å². The predicted octanol–water partition coefficient (Wildman–Crippen LogP) is 4.48. The molecule has 2 N–H and O–H groups in total. The SMILES string of the molecule is COC(=O)[C@H](Cc1ccccc1)NC(=O)[C@H](OCc1ccccc1)[C@@H]1OC(C)(C)O[C@H]1[C@@H](OCc1ccccc1)C(=O)N[C@@H](Cc1ccccc1)C(=O)OC. The largest absolute Gasteiger partial charge is 0.467 e. The molecule has 55 heavy (non-hydrogen) atoms. The van der Waals surface area contributed by atoms with E-state index in [-0.39, 0.29) is 26.1 Å². The van der Waals surface area contributed by atoms with E-state index in [1.807, 2.05) is 121 Å². The predicted molar refractivity (Wildman–Crippen MR) is 202 cm³/mol. The molecule has 0 aromatic heterocycles. The average Bonchev–Trinajstić information content (AvgIpc) is 3.52. The molecule has 12 nitrogen and oxygen atoms in total. The van der Waals surface area contributed by atoms with Crippen LogP contribution < -0.4 is 10.6 Å². The number of carbonyl (C=O) groups excluding carboxylic acids is 4. The molecule has 6 atom stereocenters. The van der Waals surface area contributed by atoms with E-state index in [1.165, 1.54) is 14.2 Å². The van der Waals surface area contributed by atoms with Crippen molar-refractivity contribution in [2.45, 2.75) is 82.2 Å². The van der Waals surface area contributed by atoms with Gasteiger partial charge in [-0.1, -0.05) is 121 Å². The van der Waals surface area contributed by atoms with Crippen LogP contribution in [0.15, 0.2) is 121 Å². The summed E-state index contributed by atoms with van der Waals surface area (Å²) in [4.78, 5) is 54.9. The lowest BCUT2D eigenvalue weighted by Crippen LogP contribution is -2.58. The van der Waals surface area contributed by atoms with Gasteiger partial charge in [0.25, 0.3) is 11.8 Å². The highest BCUT2D eigenvalue weighted by Gasteiger charge is 2.54. The minimum atomic E-state index is -1.42. The van der Waals surface area contributed by atoms with E-state index < -0.39 is 66.0 Å². The van der Waals surface area contributed by atoms with Crippen LogP contribution in [0.3, 0.4) is 0 Å². The lowest BCUT2D eigenvalue weighted by molar-refractivity contribution is -0.172. The van der Waals surface area contributed by atoms with Crippen molar-refractivity contribution < 1.29 is 47.6 Å². The van der Waals surface area contributed by atoms with E-state index in [9.17, 15) is 19.2 Å². The fourth-order valence-electron chi connectivity index (χ4n) is 6.32. The van der Waals surface area contributed by atoms with Gasteiger partial charge >= 0.3 is 11.9 Å². The van der Waals surface area contributed by atoms with Gasteiger partial charge in [0, 0.05) is 12.8 Å². The summed E-state index contributed by atoms with van der Waals surface area (Å²) in [5.74, 6) is -4.03. The first-order valence-corrected chi connectivity index (χ1v) is 18.1. The topological polar surface area (TPSA) is 148 Å². The van der Waals surface area contributed by atoms with Crippen LogP contribution in [0.4, 0.5) is 0 Å². The number of methoxy groups -OCH3 is 2. The summed E-state index contributed by atoms with van der Waals surface area (Å²) in [5.41, 5.74) is 3.11. The zero-order valence-corrected chi connectivity index (χ0v) is 31.4. The van der Waals surface area contributed by atoms with Gasteiger partial charge in [-0.2, -0.15) is 0 Å². The molecule has 0 unspecified atom stereocenters. The van der Waals surface area contributed by atoms with Gasteiger partial charge in [-0.15, -0.1) is 0 Å². The molecular formula is C43H48N2O10. The van der Waals surface area contributed by atoms with Gasteiger partial charge in [-0.05, 0) is 36.1 Å². The Morgan fingerprint density at radius 2 is 0.855 bits per heavy atom. The molecular weight excluding hydrogens is 704 g/mol. The molecule has 12 heteroatoms. The van der Waals surface area contributed by atoms with E-state index >= 15 is 0 Å². The number of benzene rings is 4. The zero-order valence-electron chi connectivity index (χ0n) is 31.4. The monoisotopic (exact) mass is 752 g/mol. The second kappa shape index (κ2) is 19.8. The maximum absolute atomic E-state index is 14.4. The van der Waals surface area contributed by atoms with Crippen LogP contribution in [0.25, 0.3) is 0 Å². The number of hydrogen-bond acceptors (Lipinski definition) is 10. The third-order valence-corrected chi connectivity index (χ3v) is 8.99. The van der Waals surface area contributed by atoms with Crippen LogP contribution in [-0.2, 0) is 73.7 Å². The van der Waals surface area contributed by atoms with Crippen molar-refractivity contribution in [3.05, 3.63) is 144 Å². The summed E-state index contributed by atoms with van der Waals surface area (Å²) in [6.07, 6.45) is -5.05. The van der Waals surface area contributed by atoms with Crippen LogP contribution in [0.5, 0.6) is 0 Å². The first-order valence-electron chi connectivity index (χ1n) is 18.1. The quantitative estimate of drug-likeness (QED) is 0.140. The molecule has 1 heterocycles. The summed E-state index contributed by atoms with van der Waals surface area (Å²) >= 11 is 0. The Morgan fingerprint density at radius 1 is 0.545 bits per heavy atom. The summed E-state index contributed by atoms with van der Waals surface area (Å²) in [6.45, 7) is 3.27. The molecule has 2 amide bonds. The molecule has 5 rings (SSSR count). The van der Waals surface area contributed by atoms with E-state index in [0.29, 0.717) is 0 Å². The van der Waals surface area contributed by atoms with Gasteiger partial charge in [0.15, 0.2) is 18.0 Å². The maximum Gasteiger partial charge on any atom is 0.328 e. The number of rotatable bonds is 18. The van der Waals surface area contributed by atoms with Crippen molar-refractivity contribution in [1.29, 1.82) is 0 Å². The number of carbonyl (C=O) groups is 4. The normalized spacial score (nSPS) is 18.3. The number of amides is 2. The first kappa shape index (κ1) is 40.8. The molecule has 0 aliphatic carbocycles. The molecule has 0 saturated carbocycles. The van der Waals surface area contributed by atoms with Gasteiger partial charge < -0.3 is 39.1 Å². The van der Waals surface area contributed by atoms with Crippen molar-refractivity contribution >= 4 is 23.8 Å². The summed E-state index contributed by atoms with van der Waals surface area (Å²) < 4.78 is 35.6.